The highest BCUT2D eigenvalue weighted by atomic mass is 16.5. The number of aromatic nitrogens is 3. The number of hydrogen-bond donors (Lipinski definition) is 1. The molecule has 0 bridgehead atoms. The molecule has 0 spiro atoms. The van der Waals surface area contributed by atoms with E-state index in [4.69, 9.17) is 9.47 Å². The maximum atomic E-state index is 5.06. The maximum absolute atomic E-state index is 5.06. The lowest BCUT2D eigenvalue weighted by Gasteiger charge is -2.22. The van der Waals surface area contributed by atoms with E-state index in [-0.39, 0.29) is 17.9 Å². The Balaban J connectivity index is 2.98. The molecule has 0 saturated heterocycles. The molecule has 1 aromatic heterocycles. The van der Waals surface area contributed by atoms with E-state index in [1.807, 2.05) is 0 Å². The molecule has 102 valence electrons. The predicted octanol–water partition coefficient (Wildman–Crippen LogP) is 1.38. The normalized spacial score (nSPS) is 14.1. The van der Waals surface area contributed by atoms with Crippen LogP contribution in [0.5, 0.6) is 12.0 Å². The Bertz CT molecular complexity index is 351. The minimum Gasteiger partial charge on any atom is -0.467 e. The fourth-order valence-corrected chi connectivity index (χ4v) is 1.86. The van der Waals surface area contributed by atoms with Gasteiger partial charge in [-0.05, 0) is 13.0 Å². The third kappa shape index (κ3) is 3.53. The molecular formula is C12H22N4O2. The average molecular weight is 254 g/mol. The van der Waals surface area contributed by atoms with E-state index in [0.29, 0.717) is 11.9 Å². The molecule has 0 aliphatic rings. The largest absolute Gasteiger partial charge is 0.467 e. The van der Waals surface area contributed by atoms with Gasteiger partial charge in [0.15, 0.2) is 0 Å². The van der Waals surface area contributed by atoms with Gasteiger partial charge in [0.05, 0.1) is 14.2 Å². The van der Waals surface area contributed by atoms with Crippen molar-refractivity contribution in [1.82, 2.24) is 20.3 Å². The summed E-state index contributed by atoms with van der Waals surface area (Å²) in [6.45, 7) is 7.23. The zero-order valence-corrected chi connectivity index (χ0v) is 11.7. The van der Waals surface area contributed by atoms with Crippen LogP contribution in [0.1, 0.15) is 38.9 Å². The van der Waals surface area contributed by atoms with E-state index in [2.05, 4.69) is 41.0 Å². The number of nitrogens with zero attached hydrogens (tertiary/aromatic N) is 3. The van der Waals surface area contributed by atoms with Crippen molar-refractivity contribution in [3.8, 4) is 12.0 Å². The number of nitrogens with one attached hydrogen (secondary N) is 1. The average Bonchev–Trinajstić information content (AvgIpc) is 2.43. The van der Waals surface area contributed by atoms with Crippen LogP contribution in [0.4, 0.5) is 0 Å². The fraction of sp³-hybridized carbons (Fsp3) is 0.750. The van der Waals surface area contributed by atoms with E-state index >= 15 is 0 Å². The monoisotopic (exact) mass is 254 g/mol. The van der Waals surface area contributed by atoms with Crippen molar-refractivity contribution in [3.63, 3.8) is 0 Å². The first-order valence-corrected chi connectivity index (χ1v) is 6.23. The summed E-state index contributed by atoms with van der Waals surface area (Å²) in [5.41, 5.74) is 0. The molecule has 2 unspecified atom stereocenters. The molecule has 18 heavy (non-hydrogen) atoms. The minimum atomic E-state index is 0.167. The summed E-state index contributed by atoms with van der Waals surface area (Å²) in [6.07, 6.45) is 1.01. The van der Waals surface area contributed by atoms with Crippen LogP contribution in [0.2, 0.25) is 0 Å². The number of rotatable bonds is 7. The Morgan fingerprint density at radius 3 is 2.00 bits per heavy atom. The second-order valence-corrected chi connectivity index (χ2v) is 4.03. The van der Waals surface area contributed by atoms with Gasteiger partial charge in [0.25, 0.3) is 0 Å². The molecule has 0 radical (unpaired) electrons. The van der Waals surface area contributed by atoms with Gasteiger partial charge in [-0.25, -0.2) is 0 Å². The Labute approximate surface area is 108 Å². The highest BCUT2D eigenvalue weighted by molar-refractivity contribution is 5.10. The van der Waals surface area contributed by atoms with Crippen molar-refractivity contribution < 1.29 is 9.47 Å². The second-order valence-electron chi connectivity index (χ2n) is 4.03. The lowest BCUT2D eigenvalue weighted by molar-refractivity contribution is 0.329. The van der Waals surface area contributed by atoms with Gasteiger partial charge in [0, 0.05) is 12.0 Å². The van der Waals surface area contributed by atoms with E-state index in [1.165, 1.54) is 14.2 Å². The van der Waals surface area contributed by atoms with Crippen LogP contribution in [0.15, 0.2) is 0 Å². The molecule has 6 nitrogen and oxygen atoms in total. The number of hydrogen-bond acceptors (Lipinski definition) is 6. The molecule has 0 amide bonds. The van der Waals surface area contributed by atoms with Crippen LogP contribution >= 0.6 is 0 Å². The topological polar surface area (TPSA) is 69.2 Å². The molecule has 0 saturated carbocycles. The highest BCUT2D eigenvalue weighted by Crippen LogP contribution is 2.21. The molecular weight excluding hydrogens is 232 g/mol. The van der Waals surface area contributed by atoms with Gasteiger partial charge < -0.3 is 14.8 Å². The zero-order valence-electron chi connectivity index (χ0n) is 11.7. The molecule has 1 rings (SSSR count). The standard InChI is InChI=1S/C12H22N4O2/c1-6-9(13-7-2)8(3)10-14-11(17-4)16-12(15-10)18-5/h8-9,13H,6-7H2,1-5H3. The molecule has 0 fully saturated rings. The summed E-state index contributed by atoms with van der Waals surface area (Å²) < 4.78 is 10.1. The third-order valence-electron chi connectivity index (χ3n) is 2.89. The van der Waals surface area contributed by atoms with Crippen molar-refractivity contribution in [2.75, 3.05) is 20.8 Å². The molecule has 2 atom stereocenters. The van der Waals surface area contributed by atoms with Crippen LogP contribution in [0.3, 0.4) is 0 Å². The Morgan fingerprint density at radius 1 is 1.06 bits per heavy atom. The van der Waals surface area contributed by atoms with Crippen LogP contribution in [0, 0.1) is 0 Å². The summed E-state index contributed by atoms with van der Waals surface area (Å²) in [7, 11) is 3.07. The summed E-state index contributed by atoms with van der Waals surface area (Å²) >= 11 is 0. The number of methoxy groups -OCH3 is 2. The summed E-state index contributed by atoms with van der Waals surface area (Å²) in [5.74, 6) is 0.854. The Kier molecular flexibility index (Phi) is 5.77. The fourth-order valence-electron chi connectivity index (χ4n) is 1.86. The van der Waals surface area contributed by atoms with Crippen molar-refractivity contribution >= 4 is 0 Å². The van der Waals surface area contributed by atoms with Gasteiger partial charge in [-0.2, -0.15) is 9.97 Å². The van der Waals surface area contributed by atoms with Crippen molar-refractivity contribution in [3.05, 3.63) is 5.82 Å². The number of ether oxygens (including phenoxy) is 2. The van der Waals surface area contributed by atoms with E-state index in [1.54, 1.807) is 0 Å². The SMILES string of the molecule is CCNC(CC)C(C)c1nc(OC)nc(OC)n1. The van der Waals surface area contributed by atoms with Gasteiger partial charge in [0.2, 0.25) is 0 Å². The molecule has 1 heterocycles. The highest BCUT2D eigenvalue weighted by Gasteiger charge is 2.21. The summed E-state index contributed by atoms with van der Waals surface area (Å²) in [5, 5.41) is 3.42. The summed E-state index contributed by atoms with van der Waals surface area (Å²) in [4.78, 5) is 12.6. The predicted molar refractivity (Wildman–Crippen MR) is 69.1 cm³/mol. The van der Waals surface area contributed by atoms with E-state index in [9.17, 15) is 0 Å². The van der Waals surface area contributed by atoms with Crippen molar-refractivity contribution in [1.29, 1.82) is 0 Å². The minimum absolute atomic E-state index is 0.167. The van der Waals surface area contributed by atoms with Gasteiger partial charge in [0.1, 0.15) is 5.82 Å². The van der Waals surface area contributed by atoms with Crippen molar-refractivity contribution in [2.24, 2.45) is 0 Å². The lowest BCUT2D eigenvalue weighted by atomic mass is 9.99. The Hall–Kier alpha value is -1.43. The molecule has 0 aliphatic carbocycles. The quantitative estimate of drug-likeness (QED) is 0.792. The van der Waals surface area contributed by atoms with Crippen LogP contribution in [-0.2, 0) is 0 Å². The molecule has 0 aliphatic heterocycles. The first-order valence-electron chi connectivity index (χ1n) is 6.23. The van der Waals surface area contributed by atoms with Gasteiger partial charge in [-0.15, -0.1) is 4.98 Å². The first-order chi connectivity index (χ1) is 8.65. The van der Waals surface area contributed by atoms with Crippen LogP contribution in [-0.4, -0.2) is 41.8 Å². The van der Waals surface area contributed by atoms with Crippen LogP contribution in [0.25, 0.3) is 0 Å². The van der Waals surface area contributed by atoms with Crippen LogP contribution < -0.4 is 14.8 Å². The molecule has 6 heteroatoms. The smallest absolute Gasteiger partial charge is 0.322 e. The van der Waals surface area contributed by atoms with Crippen molar-refractivity contribution in [2.45, 2.75) is 39.2 Å². The molecule has 0 aromatic carbocycles. The van der Waals surface area contributed by atoms with E-state index < -0.39 is 0 Å². The number of likely N-dealkylation sites (N-methyl/N-ethyl adjacent to an activating group) is 1. The summed E-state index contributed by atoms with van der Waals surface area (Å²) in [6, 6.07) is 0.900. The Morgan fingerprint density at radius 2 is 1.61 bits per heavy atom. The lowest BCUT2D eigenvalue weighted by Crippen LogP contribution is -2.34. The maximum Gasteiger partial charge on any atom is 0.322 e. The van der Waals surface area contributed by atoms with Gasteiger partial charge >= 0.3 is 12.0 Å². The molecule has 1 N–H and O–H groups in total. The van der Waals surface area contributed by atoms with Gasteiger partial charge in [-0.1, -0.05) is 20.8 Å². The third-order valence-corrected chi connectivity index (χ3v) is 2.89. The van der Waals surface area contributed by atoms with E-state index in [0.717, 1.165) is 13.0 Å². The first kappa shape index (κ1) is 14.6. The molecule has 1 aromatic rings. The second kappa shape index (κ2) is 7.10. The zero-order chi connectivity index (χ0) is 13.5. The van der Waals surface area contributed by atoms with Gasteiger partial charge in [-0.3, -0.25) is 0 Å².